The number of benzene rings is 2. The highest BCUT2D eigenvalue weighted by Gasteiger charge is 2.31. The number of hydrogen-bond acceptors (Lipinski definition) is 5. The van der Waals surface area contributed by atoms with E-state index in [1.165, 1.54) is 4.68 Å². The summed E-state index contributed by atoms with van der Waals surface area (Å²) in [5.41, 5.74) is -0.278. The topological polar surface area (TPSA) is 85.8 Å². The van der Waals surface area contributed by atoms with Crippen LogP contribution in [-0.2, 0) is 11.0 Å². The maximum Gasteiger partial charge on any atom is 0.416 e. The molecule has 6 nitrogen and oxygen atoms in total. The van der Waals surface area contributed by atoms with Crippen LogP contribution < -0.4 is 11.2 Å². The molecule has 0 fully saturated rings. The van der Waals surface area contributed by atoms with Gasteiger partial charge in [-0.05, 0) is 18.2 Å². The maximum atomic E-state index is 12.8. The van der Waals surface area contributed by atoms with Gasteiger partial charge in [-0.2, -0.15) is 13.2 Å². The first-order valence-corrected chi connectivity index (χ1v) is 9.17. The maximum absolute atomic E-state index is 12.8. The molecular formula is C17H13ClF3N5OS. The van der Waals surface area contributed by atoms with E-state index in [1.54, 1.807) is 0 Å². The lowest BCUT2D eigenvalue weighted by molar-refractivity contribution is -0.137. The Balaban J connectivity index is 1.67. The van der Waals surface area contributed by atoms with Gasteiger partial charge in [0.15, 0.2) is 5.82 Å². The number of thioether (sulfide) groups is 1. The minimum atomic E-state index is -4.54. The summed E-state index contributed by atoms with van der Waals surface area (Å²) >= 11 is 6.86. The van der Waals surface area contributed by atoms with Gasteiger partial charge < -0.3 is 11.2 Å². The van der Waals surface area contributed by atoms with Gasteiger partial charge in [-0.1, -0.05) is 53.7 Å². The second-order valence-electron chi connectivity index (χ2n) is 5.57. The third kappa shape index (κ3) is 4.57. The predicted octanol–water partition coefficient (Wildman–Crippen LogP) is 4.06. The van der Waals surface area contributed by atoms with E-state index in [9.17, 15) is 18.0 Å². The van der Waals surface area contributed by atoms with Crippen LogP contribution in [0.1, 0.15) is 5.56 Å². The molecule has 11 heteroatoms. The highest BCUT2D eigenvalue weighted by Crippen LogP contribution is 2.34. The van der Waals surface area contributed by atoms with E-state index in [0.29, 0.717) is 5.82 Å². The van der Waals surface area contributed by atoms with E-state index in [2.05, 4.69) is 15.5 Å². The average molecular weight is 428 g/mol. The number of rotatable bonds is 5. The summed E-state index contributed by atoms with van der Waals surface area (Å²) in [6.07, 6.45) is -4.54. The van der Waals surface area contributed by atoms with Gasteiger partial charge in [0.25, 0.3) is 0 Å². The molecule has 2 aromatic carbocycles. The van der Waals surface area contributed by atoms with Crippen LogP contribution in [0.15, 0.2) is 53.7 Å². The standard InChI is InChI=1S/C17H13ClF3N5OS/c18-12-7-6-11(17(19,20)21)8-13(12)23-14(27)9-28-16-25-24-15(26(16)22)10-4-2-1-3-5-10/h1-8H,9,22H2,(H,23,27). The van der Waals surface area contributed by atoms with E-state index < -0.39 is 17.6 Å². The fourth-order valence-electron chi connectivity index (χ4n) is 2.27. The molecule has 0 aliphatic carbocycles. The first-order chi connectivity index (χ1) is 13.3. The summed E-state index contributed by atoms with van der Waals surface area (Å²) in [6, 6.07) is 11.8. The normalized spacial score (nSPS) is 11.4. The molecule has 3 aromatic rings. The van der Waals surface area contributed by atoms with Crippen LogP contribution in [0.25, 0.3) is 11.4 Å². The van der Waals surface area contributed by atoms with E-state index in [1.807, 2.05) is 30.3 Å². The minimum Gasteiger partial charge on any atom is -0.335 e. The summed E-state index contributed by atoms with van der Waals surface area (Å²) in [5, 5.41) is 10.6. The molecule has 0 atom stereocenters. The van der Waals surface area contributed by atoms with Crippen LogP contribution in [0, 0.1) is 0 Å². The molecule has 0 aliphatic heterocycles. The van der Waals surface area contributed by atoms with Gasteiger partial charge in [-0.25, -0.2) is 4.68 Å². The van der Waals surface area contributed by atoms with Gasteiger partial charge in [-0.3, -0.25) is 4.79 Å². The Labute approximate surface area is 166 Å². The first kappa shape index (κ1) is 20.0. The van der Waals surface area contributed by atoms with Gasteiger partial charge in [0, 0.05) is 5.56 Å². The van der Waals surface area contributed by atoms with Crippen molar-refractivity contribution in [3.63, 3.8) is 0 Å². The fraction of sp³-hybridized carbons (Fsp3) is 0.118. The summed E-state index contributed by atoms with van der Waals surface area (Å²) in [7, 11) is 0. The summed E-state index contributed by atoms with van der Waals surface area (Å²) < 4.78 is 39.6. The summed E-state index contributed by atoms with van der Waals surface area (Å²) in [5.74, 6) is 5.68. The zero-order valence-corrected chi connectivity index (χ0v) is 15.6. The first-order valence-electron chi connectivity index (χ1n) is 7.81. The summed E-state index contributed by atoms with van der Waals surface area (Å²) in [4.78, 5) is 12.1. The molecular weight excluding hydrogens is 415 g/mol. The molecule has 1 aromatic heterocycles. The number of anilines is 1. The number of amides is 1. The van der Waals surface area contributed by atoms with Crippen molar-refractivity contribution in [3.8, 4) is 11.4 Å². The number of nitrogens with zero attached hydrogens (tertiary/aromatic N) is 3. The number of hydrogen-bond donors (Lipinski definition) is 2. The van der Waals surface area contributed by atoms with Crippen LogP contribution in [0.3, 0.4) is 0 Å². The lowest BCUT2D eigenvalue weighted by atomic mass is 10.2. The van der Waals surface area contributed by atoms with Crippen LogP contribution in [0.2, 0.25) is 5.02 Å². The molecule has 0 saturated heterocycles. The monoisotopic (exact) mass is 427 g/mol. The Morgan fingerprint density at radius 3 is 2.57 bits per heavy atom. The largest absolute Gasteiger partial charge is 0.416 e. The molecule has 0 aliphatic rings. The van der Waals surface area contributed by atoms with Gasteiger partial charge in [0.2, 0.25) is 11.1 Å². The Kier molecular flexibility index (Phi) is 5.80. The van der Waals surface area contributed by atoms with Crippen molar-refractivity contribution >= 4 is 35.0 Å². The third-order valence-corrected chi connectivity index (χ3v) is 4.87. The Bertz CT molecular complexity index is 994. The molecule has 0 spiro atoms. The quantitative estimate of drug-likeness (QED) is 0.473. The molecule has 1 heterocycles. The minimum absolute atomic E-state index is 0.000273. The lowest BCUT2D eigenvalue weighted by Gasteiger charge is -2.11. The van der Waals surface area contributed by atoms with Crippen molar-refractivity contribution in [1.82, 2.24) is 14.9 Å². The number of nitrogens with one attached hydrogen (secondary N) is 1. The van der Waals surface area contributed by atoms with Crippen LogP contribution in [0.4, 0.5) is 18.9 Å². The number of alkyl halides is 3. The Morgan fingerprint density at radius 2 is 1.89 bits per heavy atom. The highest BCUT2D eigenvalue weighted by atomic mass is 35.5. The van der Waals surface area contributed by atoms with Crippen molar-refractivity contribution in [2.75, 3.05) is 16.9 Å². The van der Waals surface area contributed by atoms with E-state index >= 15 is 0 Å². The predicted molar refractivity (Wildman–Crippen MR) is 101 cm³/mol. The number of nitrogens with two attached hydrogens (primary N) is 1. The van der Waals surface area contributed by atoms with E-state index in [4.69, 9.17) is 17.4 Å². The molecule has 146 valence electrons. The second kappa shape index (κ2) is 8.11. The SMILES string of the molecule is Nn1c(SCC(=O)Nc2cc(C(F)(F)F)ccc2Cl)nnc1-c1ccccc1. The van der Waals surface area contributed by atoms with Crippen molar-refractivity contribution in [2.45, 2.75) is 11.3 Å². The molecule has 28 heavy (non-hydrogen) atoms. The zero-order chi connectivity index (χ0) is 20.3. The molecule has 0 bridgehead atoms. The van der Waals surface area contributed by atoms with Crippen LogP contribution in [-0.4, -0.2) is 26.5 Å². The smallest absolute Gasteiger partial charge is 0.335 e. The van der Waals surface area contributed by atoms with Crippen molar-refractivity contribution < 1.29 is 18.0 Å². The van der Waals surface area contributed by atoms with Gasteiger partial charge in [0.05, 0.1) is 22.0 Å². The zero-order valence-electron chi connectivity index (χ0n) is 14.1. The Hall–Kier alpha value is -2.72. The molecule has 1 amide bonds. The van der Waals surface area contributed by atoms with Crippen LogP contribution >= 0.6 is 23.4 Å². The van der Waals surface area contributed by atoms with Crippen molar-refractivity contribution in [2.24, 2.45) is 0 Å². The fourth-order valence-corrected chi connectivity index (χ4v) is 3.09. The van der Waals surface area contributed by atoms with E-state index in [-0.39, 0.29) is 21.6 Å². The van der Waals surface area contributed by atoms with Gasteiger partial charge in [-0.15, -0.1) is 10.2 Å². The molecule has 0 radical (unpaired) electrons. The van der Waals surface area contributed by atoms with E-state index in [0.717, 1.165) is 35.5 Å². The van der Waals surface area contributed by atoms with Gasteiger partial charge in [0.1, 0.15) is 0 Å². The third-order valence-electron chi connectivity index (χ3n) is 3.60. The highest BCUT2D eigenvalue weighted by molar-refractivity contribution is 7.99. The van der Waals surface area contributed by atoms with Crippen LogP contribution in [0.5, 0.6) is 0 Å². The Morgan fingerprint density at radius 1 is 1.18 bits per heavy atom. The average Bonchev–Trinajstić information content (AvgIpc) is 3.02. The molecule has 3 N–H and O–H groups in total. The number of carbonyl (C=O) groups is 1. The van der Waals surface area contributed by atoms with Crippen molar-refractivity contribution in [3.05, 3.63) is 59.1 Å². The molecule has 3 rings (SSSR count). The number of nitrogen functional groups attached to an aromatic ring is 1. The lowest BCUT2D eigenvalue weighted by Crippen LogP contribution is -2.17. The molecule has 0 saturated carbocycles. The number of halogens is 4. The molecule has 0 unspecified atom stereocenters. The summed E-state index contributed by atoms with van der Waals surface area (Å²) in [6.45, 7) is 0. The second-order valence-corrected chi connectivity index (χ2v) is 6.92. The number of carbonyl (C=O) groups excluding carboxylic acids is 1. The number of aromatic nitrogens is 3. The van der Waals surface area contributed by atoms with Gasteiger partial charge >= 0.3 is 6.18 Å². The van der Waals surface area contributed by atoms with Crippen molar-refractivity contribution in [1.29, 1.82) is 0 Å².